The number of fused-ring (bicyclic) bond motifs is 1. The maximum Gasteiger partial charge on any atom is 0.244 e. The van der Waals surface area contributed by atoms with Crippen molar-refractivity contribution < 1.29 is 14.3 Å². The molecule has 0 aliphatic heterocycles. The molecule has 1 amide bonds. The molecule has 136 valence electrons. The van der Waals surface area contributed by atoms with Crippen LogP contribution in [0.25, 0.3) is 0 Å². The highest BCUT2D eigenvalue weighted by atomic mass is 16.5. The first-order chi connectivity index (χ1) is 12.1. The Morgan fingerprint density at radius 2 is 2.12 bits per heavy atom. The Balaban J connectivity index is 1.63. The van der Waals surface area contributed by atoms with Gasteiger partial charge in [0, 0.05) is 17.5 Å². The zero-order valence-electron chi connectivity index (χ0n) is 15.4. The third-order valence-electron chi connectivity index (χ3n) is 5.59. The average molecular weight is 344 g/mol. The van der Waals surface area contributed by atoms with Crippen molar-refractivity contribution in [2.75, 3.05) is 13.2 Å². The molecule has 0 spiro atoms. The van der Waals surface area contributed by atoms with Crippen molar-refractivity contribution in [2.24, 2.45) is 22.4 Å². The lowest BCUT2D eigenvalue weighted by atomic mass is 9.90. The third kappa shape index (κ3) is 3.65. The summed E-state index contributed by atoms with van der Waals surface area (Å²) in [4.78, 5) is 12.4. The van der Waals surface area contributed by atoms with Crippen LogP contribution in [0.3, 0.4) is 0 Å². The van der Waals surface area contributed by atoms with Gasteiger partial charge in [0.15, 0.2) is 0 Å². The first-order valence-electron chi connectivity index (χ1n) is 9.32. The molecule has 2 fully saturated rings. The molecule has 1 aromatic carbocycles. The summed E-state index contributed by atoms with van der Waals surface area (Å²) in [6.45, 7) is 7.29. The van der Waals surface area contributed by atoms with Gasteiger partial charge in [-0.3, -0.25) is 4.79 Å². The van der Waals surface area contributed by atoms with Gasteiger partial charge in [0.05, 0.1) is 19.4 Å². The molecular formula is C20H28N2O3. The molecule has 1 N–H and O–H groups in total. The first-order valence-corrected chi connectivity index (χ1v) is 9.32. The van der Waals surface area contributed by atoms with Crippen LogP contribution in [-0.2, 0) is 4.79 Å². The molecule has 0 radical (unpaired) electrons. The van der Waals surface area contributed by atoms with E-state index in [1.54, 1.807) is 6.21 Å². The van der Waals surface area contributed by atoms with E-state index in [0.717, 1.165) is 17.7 Å². The van der Waals surface area contributed by atoms with E-state index in [1.165, 1.54) is 19.3 Å². The van der Waals surface area contributed by atoms with Gasteiger partial charge in [0.2, 0.25) is 5.91 Å². The van der Waals surface area contributed by atoms with Crippen LogP contribution in [-0.4, -0.2) is 25.3 Å². The number of hydrogen-bond acceptors (Lipinski definition) is 4. The van der Waals surface area contributed by atoms with Crippen LogP contribution in [0.15, 0.2) is 23.3 Å². The fourth-order valence-electron chi connectivity index (χ4n) is 4.24. The van der Waals surface area contributed by atoms with Crippen LogP contribution in [0.5, 0.6) is 11.5 Å². The number of hydrogen-bond donors (Lipinski definition) is 1. The fourth-order valence-corrected chi connectivity index (χ4v) is 4.24. The molecule has 0 heterocycles. The molecule has 1 aromatic rings. The minimum Gasteiger partial charge on any atom is -0.494 e. The third-order valence-corrected chi connectivity index (χ3v) is 5.59. The number of rotatable bonds is 7. The van der Waals surface area contributed by atoms with E-state index in [4.69, 9.17) is 9.47 Å². The molecule has 0 saturated heterocycles. The number of benzene rings is 1. The molecular weight excluding hydrogens is 316 g/mol. The predicted molar refractivity (Wildman–Crippen MR) is 98.1 cm³/mol. The lowest BCUT2D eigenvalue weighted by molar-refractivity contribution is -0.123. The number of carbonyl (C=O) groups is 1. The van der Waals surface area contributed by atoms with Gasteiger partial charge in [-0.2, -0.15) is 5.10 Å². The lowest BCUT2D eigenvalue weighted by Gasteiger charge is -2.15. The fraction of sp³-hybridized carbons (Fsp3) is 0.600. The van der Waals surface area contributed by atoms with E-state index >= 15 is 0 Å². The molecule has 3 atom stereocenters. The van der Waals surface area contributed by atoms with Crippen LogP contribution in [0.1, 0.15) is 52.0 Å². The highest BCUT2D eigenvalue weighted by molar-refractivity contribution is 5.87. The van der Waals surface area contributed by atoms with E-state index in [2.05, 4.69) is 17.5 Å². The topological polar surface area (TPSA) is 59.9 Å². The van der Waals surface area contributed by atoms with Gasteiger partial charge in [-0.1, -0.05) is 19.8 Å². The highest BCUT2D eigenvalue weighted by Crippen LogP contribution is 2.66. The van der Waals surface area contributed by atoms with Crippen LogP contribution >= 0.6 is 0 Å². The van der Waals surface area contributed by atoms with Crippen molar-refractivity contribution in [2.45, 2.75) is 46.5 Å². The summed E-state index contributed by atoms with van der Waals surface area (Å²) in [5.41, 5.74) is 3.75. The van der Waals surface area contributed by atoms with Crippen LogP contribution < -0.4 is 14.9 Å². The molecule has 3 rings (SSSR count). The monoisotopic (exact) mass is 344 g/mol. The molecule has 0 aromatic heterocycles. The van der Waals surface area contributed by atoms with E-state index in [1.807, 2.05) is 32.0 Å². The minimum absolute atomic E-state index is 0.0505. The Morgan fingerprint density at radius 3 is 2.80 bits per heavy atom. The van der Waals surface area contributed by atoms with Gasteiger partial charge in [-0.25, -0.2) is 5.43 Å². The Labute approximate surface area is 149 Å². The zero-order chi connectivity index (χ0) is 17.9. The second-order valence-corrected chi connectivity index (χ2v) is 7.14. The normalized spacial score (nSPS) is 27.6. The lowest BCUT2D eigenvalue weighted by Crippen LogP contribution is -2.22. The maximum atomic E-state index is 12.4. The van der Waals surface area contributed by atoms with Gasteiger partial charge < -0.3 is 9.47 Å². The number of nitrogens with zero attached hydrogens (tertiary/aromatic N) is 1. The molecule has 2 aliphatic carbocycles. The quantitative estimate of drug-likeness (QED) is 0.605. The predicted octanol–water partition coefficient (Wildman–Crippen LogP) is 3.76. The maximum absolute atomic E-state index is 12.4. The highest BCUT2D eigenvalue weighted by Gasteiger charge is 2.64. The zero-order valence-corrected chi connectivity index (χ0v) is 15.4. The minimum atomic E-state index is 0.0505. The number of nitrogens with one attached hydrogen (secondary N) is 1. The van der Waals surface area contributed by atoms with Crippen molar-refractivity contribution in [3.63, 3.8) is 0 Å². The molecule has 2 saturated carbocycles. The van der Waals surface area contributed by atoms with Gasteiger partial charge in [-0.15, -0.1) is 0 Å². The summed E-state index contributed by atoms with van der Waals surface area (Å²) < 4.78 is 11.2. The largest absolute Gasteiger partial charge is 0.494 e. The van der Waals surface area contributed by atoms with E-state index in [0.29, 0.717) is 24.9 Å². The van der Waals surface area contributed by atoms with Gasteiger partial charge in [-0.05, 0) is 50.2 Å². The van der Waals surface area contributed by atoms with Crippen molar-refractivity contribution in [1.82, 2.24) is 5.43 Å². The first kappa shape index (κ1) is 17.8. The number of hydrazone groups is 1. The second kappa shape index (κ2) is 7.46. The SMILES string of the molecule is CCOc1ccc(/C=N\NC(=O)[C@@H]2[C@H]3CCCC[C@]32C)c(OCC)c1. The van der Waals surface area contributed by atoms with E-state index < -0.39 is 0 Å². The smallest absolute Gasteiger partial charge is 0.244 e. The molecule has 2 aliphatic rings. The summed E-state index contributed by atoms with van der Waals surface area (Å²) in [5, 5.41) is 4.16. The van der Waals surface area contributed by atoms with Crippen LogP contribution in [0, 0.1) is 17.3 Å². The molecule has 25 heavy (non-hydrogen) atoms. The van der Waals surface area contributed by atoms with E-state index in [9.17, 15) is 4.79 Å². The molecule has 5 nitrogen and oxygen atoms in total. The summed E-state index contributed by atoms with van der Waals surface area (Å²) in [6, 6.07) is 5.63. The van der Waals surface area contributed by atoms with Gasteiger partial charge in [0.25, 0.3) is 0 Å². The molecule has 0 bridgehead atoms. The second-order valence-electron chi connectivity index (χ2n) is 7.14. The Hall–Kier alpha value is -2.04. The van der Waals surface area contributed by atoms with Crippen LogP contribution in [0.4, 0.5) is 0 Å². The molecule has 0 unspecified atom stereocenters. The standard InChI is InChI=1S/C20H28N2O3/c1-4-24-15-10-9-14(17(12-15)25-5-2)13-21-22-19(23)18-16-8-6-7-11-20(16,18)3/h9-10,12-13,16,18H,4-8,11H2,1-3H3,(H,22,23)/b21-13-/t16-,18+,20-/m1/s1. The van der Waals surface area contributed by atoms with Crippen molar-refractivity contribution >= 4 is 12.1 Å². The number of ether oxygens (including phenoxy) is 2. The van der Waals surface area contributed by atoms with Crippen molar-refractivity contribution in [3.8, 4) is 11.5 Å². The Morgan fingerprint density at radius 1 is 1.32 bits per heavy atom. The molecule has 5 heteroatoms. The van der Waals surface area contributed by atoms with Gasteiger partial charge >= 0.3 is 0 Å². The van der Waals surface area contributed by atoms with E-state index in [-0.39, 0.29) is 17.2 Å². The Bertz CT molecular complexity index is 658. The summed E-state index contributed by atoms with van der Waals surface area (Å²) in [6.07, 6.45) is 6.46. The van der Waals surface area contributed by atoms with Crippen molar-refractivity contribution in [3.05, 3.63) is 23.8 Å². The average Bonchev–Trinajstić information content (AvgIpc) is 3.23. The summed E-state index contributed by atoms with van der Waals surface area (Å²) in [7, 11) is 0. The summed E-state index contributed by atoms with van der Waals surface area (Å²) >= 11 is 0. The number of carbonyl (C=O) groups excluding carboxylic acids is 1. The van der Waals surface area contributed by atoms with Crippen LogP contribution in [0.2, 0.25) is 0 Å². The Kier molecular flexibility index (Phi) is 5.30. The number of amides is 1. The van der Waals surface area contributed by atoms with Crippen molar-refractivity contribution in [1.29, 1.82) is 0 Å². The van der Waals surface area contributed by atoms with Gasteiger partial charge in [0.1, 0.15) is 11.5 Å². The summed E-state index contributed by atoms with van der Waals surface area (Å²) in [5.74, 6) is 2.19.